The van der Waals surface area contributed by atoms with Crippen molar-refractivity contribution in [3.8, 4) is 11.3 Å². The van der Waals surface area contributed by atoms with Crippen molar-refractivity contribution in [2.24, 2.45) is 5.92 Å². The van der Waals surface area contributed by atoms with E-state index in [1.54, 1.807) is 11.0 Å². The number of rotatable bonds is 5. The standard InChI is InChI=1S/C27H35FN4O5S.ClH/c28-23-5-1-4-21-25-22(18-38(34,35)26(21)23)24(27(33)31-11-15-37-16-12-31)29-32(25)20-3-2-9-30(17-20)10-6-19-7-13-36-14-8-19;/h1,4-5,19-20H,2-3,6-18H2;1H. The number of aromatic nitrogens is 2. The Labute approximate surface area is 234 Å². The van der Waals surface area contributed by atoms with Crippen LogP contribution in [0.3, 0.4) is 0 Å². The van der Waals surface area contributed by atoms with E-state index >= 15 is 0 Å². The molecule has 3 fully saturated rings. The number of halogens is 2. The lowest BCUT2D eigenvalue weighted by Crippen LogP contribution is -2.41. The lowest BCUT2D eigenvalue weighted by molar-refractivity contribution is 0.0297. The Morgan fingerprint density at radius 1 is 1.05 bits per heavy atom. The average molecular weight is 583 g/mol. The highest BCUT2D eigenvalue weighted by atomic mass is 35.5. The molecule has 0 bridgehead atoms. The molecule has 214 valence electrons. The molecule has 12 heteroatoms. The molecule has 0 saturated carbocycles. The van der Waals surface area contributed by atoms with Gasteiger partial charge in [-0.05, 0) is 57.2 Å². The third-order valence-corrected chi connectivity index (χ3v) is 10.1. The van der Waals surface area contributed by atoms with Crippen LogP contribution in [0, 0.1) is 11.7 Å². The minimum atomic E-state index is -3.97. The second kappa shape index (κ2) is 11.8. The first-order chi connectivity index (χ1) is 18.4. The number of piperidine rings is 1. The summed E-state index contributed by atoms with van der Waals surface area (Å²) >= 11 is 0. The maximum atomic E-state index is 14.9. The molecule has 1 amide bonds. The Bertz CT molecular complexity index is 1310. The van der Waals surface area contributed by atoms with Crippen molar-refractivity contribution >= 4 is 28.2 Å². The molecular formula is C27H36ClFN4O5S. The molecule has 1 aromatic heterocycles. The number of carbonyl (C=O) groups is 1. The average Bonchev–Trinajstić information content (AvgIpc) is 3.31. The SMILES string of the molecule is Cl.O=C(c1nn(C2CCCN(CCC3CCOCC3)C2)c2c1CS(=O)(=O)c1c(F)cccc1-2)N1CCOCC1. The zero-order valence-electron chi connectivity index (χ0n) is 22.0. The van der Waals surface area contributed by atoms with Crippen LogP contribution in [0.5, 0.6) is 0 Å². The molecule has 6 rings (SSSR count). The fourth-order valence-corrected chi connectivity index (χ4v) is 8.01. The summed E-state index contributed by atoms with van der Waals surface area (Å²) in [6.07, 6.45) is 5.18. The van der Waals surface area contributed by atoms with Gasteiger partial charge in [-0.2, -0.15) is 5.10 Å². The molecule has 9 nitrogen and oxygen atoms in total. The van der Waals surface area contributed by atoms with Gasteiger partial charge in [-0.15, -0.1) is 12.4 Å². The molecule has 39 heavy (non-hydrogen) atoms. The van der Waals surface area contributed by atoms with Crippen LogP contribution >= 0.6 is 12.4 Å². The van der Waals surface area contributed by atoms with E-state index in [0.717, 1.165) is 65.0 Å². The van der Waals surface area contributed by atoms with Crippen molar-refractivity contribution in [3.63, 3.8) is 0 Å². The number of likely N-dealkylation sites (tertiary alicyclic amines) is 1. The van der Waals surface area contributed by atoms with Crippen molar-refractivity contribution in [3.05, 3.63) is 35.3 Å². The smallest absolute Gasteiger partial charge is 0.274 e. The van der Waals surface area contributed by atoms with Crippen LogP contribution in [0.1, 0.15) is 54.2 Å². The molecule has 1 aromatic carbocycles. The van der Waals surface area contributed by atoms with E-state index in [-0.39, 0.29) is 34.9 Å². The van der Waals surface area contributed by atoms with Crippen LogP contribution in [-0.2, 0) is 25.1 Å². The number of morpholine rings is 1. The summed E-state index contributed by atoms with van der Waals surface area (Å²) in [6, 6.07) is 4.32. The zero-order valence-corrected chi connectivity index (χ0v) is 23.7. The van der Waals surface area contributed by atoms with Gasteiger partial charge in [-0.25, -0.2) is 12.8 Å². The second-order valence-electron chi connectivity index (χ2n) is 10.8. The van der Waals surface area contributed by atoms with Gasteiger partial charge in [0, 0.05) is 44.0 Å². The molecule has 4 aliphatic rings. The quantitative estimate of drug-likeness (QED) is 0.534. The molecule has 0 spiro atoms. The Morgan fingerprint density at radius 2 is 1.79 bits per heavy atom. The van der Waals surface area contributed by atoms with Crippen molar-refractivity contribution in [1.29, 1.82) is 0 Å². The zero-order chi connectivity index (χ0) is 26.3. The first kappa shape index (κ1) is 28.5. The van der Waals surface area contributed by atoms with E-state index in [1.165, 1.54) is 12.1 Å². The van der Waals surface area contributed by atoms with Crippen LogP contribution in [0.15, 0.2) is 23.1 Å². The number of nitrogens with zero attached hydrogens (tertiary/aromatic N) is 4. The predicted molar refractivity (Wildman–Crippen MR) is 145 cm³/mol. The number of sulfone groups is 1. The Morgan fingerprint density at radius 3 is 2.56 bits per heavy atom. The van der Waals surface area contributed by atoms with Gasteiger partial charge in [-0.1, -0.05) is 12.1 Å². The van der Waals surface area contributed by atoms with Gasteiger partial charge in [0.15, 0.2) is 15.5 Å². The van der Waals surface area contributed by atoms with Gasteiger partial charge in [-0.3, -0.25) is 9.48 Å². The van der Waals surface area contributed by atoms with Gasteiger partial charge >= 0.3 is 0 Å². The molecule has 4 aliphatic heterocycles. The van der Waals surface area contributed by atoms with Gasteiger partial charge in [0.05, 0.1) is 30.7 Å². The number of benzene rings is 1. The summed E-state index contributed by atoms with van der Waals surface area (Å²) in [5, 5.41) is 4.82. The molecule has 0 N–H and O–H groups in total. The first-order valence-corrected chi connectivity index (χ1v) is 15.4. The van der Waals surface area contributed by atoms with E-state index in [0.29, 0.717) is 49.0 Å². The van der Waals surface area contributed by atoms with E-state index in [4.69, 9.17) is 14.6 Å². The highest BCUT2D eigenvalue weighted by Crippen LogP contribution is 2.43. The van der Waals surface area contributed by atoms with Crippen molar-refractivity contribution in [1.82, 2.24) is 19.6 Å². The van der Waals surface area contributed by atoms with Crippen LogP contribution in [-0.4, -0.2) is 93.1 Å². The van der Waals surface area contributed by atoms with E-state index < -0.39 is 21.4 Å². The Balaban J connectivity index is 0.00000308. The fraction of sp³-hybridized carbons (Fsp3) is 0.630. The second-order valence-corrected chi connectivity index (χ2v) is 12.8. The number of ether oxygens (including phenoxy) is 2. The number of amides is 1. The molecule has 0 aliphatic carbocycles. The molecule has 2 aromatic rings. The number of hydrogen-bond acceptors (Lipinski definition) is 7. The summed E-state index contributed by atoms with van der Waals surface area (Å²) in [5.41, 5.74) is 1.43. The van der Waals surface area contributed by atoms with Crippen molar-refractivity contribution in [2.45, 2.75) is 48.8 Å². The Kier molecular flexibility index (Phi) is 8.63. The van der Waals surface area contributed by atoms with E-state index in [9.17, 15) is 17.6 Å². The van der Waals surface area contributed by atoms with Crippen LogP contribution in [0.25, 0.3) is 11.3 Å². The van der Waals surface area contributed by atoms with E-state index in [2.05, 4.69) is 4.90 Å². The van der Waals surface area contributed by atoms with Gasteiger partial charge in [0.1, 0.15) is 10.7 Å². The van der Waals surface area contributed by atoms with Crippen molar-refractivity contribution in [2.75, 3.05) is 59.2 Å². The molecule has 1 atom stereocenters. The third-order valence-electron chi connectivity index (χ3n) is 8.40. The summed E-state index contributed by atoms with van der Waals surface area (Å²) in [7, 11) is -3.97. The normalized spacial score (nSPS) is 23.5. The lowest BCUT2D eigenvalue weighted by Gasteiger charge is -2.35. The fourth-order valence-electron chi connectivity index (χ4n) is 6.35. The summed E-state index contributed by atoms with van der Waals surface area (Å²) < 4.78 is 54.1. The van der Waals surface area contributed by atoms with Crippen LogP contribution in [0.4, 0.5) is 4.39 Å². The van der Waals surface area contributed by atoms with Gasteiger partial charge in [0.25, 0.3) is 5.91 Å². The lowest BCUT2D eigenvalue weighted by atomic mass is 9.95. The highest BCUT2D eigenvalue weighted by molar-refractivity contribution is 7.91. The Hall–Kier alpha value is -2.05. The summed E-state index contributed by atoms with van der Waals surface area (Å²) in [4.78, 5) is 17.4. The predicted octanol–water partition coefficient (Wildman–Crippen LogP) is 3.32. The number of hydrogen-bond donors (Lipinski definition) is 0. The number of fused-ring (bicyclic) bond motifs is 3. The number of carbonyl (C=O) groups excluding carboxylic acids is 1. The van der Waals surface area contributed by atoms with Gasteiger partial charge in [0.2, 0.25) is 0 Å². The molecular weight excluding hydrogens is 547 g/mol. The first-order valence-electron chi connectivity index (χ1n) is 13.7. The van der Waals surface area contributed by atoms with Crippen molar-refractivity contribution < 1.29 is 27.1 Å². The summed E-state index contributed by atoms with van der Waals surface area (Å²) in [6.45, 7) is 6.17. The van der Waals surface area contributed by atoms with E-state index in [1.807, 2.05) is 4.68 Å². The minimum Gasteiger partial charge on any atom is -0.381 e. The largest absolute Gasteiger partial charge is 0.381 e. The maximum absolute atomic E-state index is 14.9. The highest BCUT2D eigenvalue weighted by Gasteiger charge is 2.40. The van der Waals surface area contributed by atoms with Gasteiger partial charge < -0.3 is 19.3 Å². The summed E-state index contributed by atoms with van der Waals surface area (Å²) in [5.74, 6) is -0.796. The maximum Gasteiger partial charge on any atom is 0.274 e. The van der Waals surface area contributed by atoms with Crippen LogP contribution in [0.2, 0.25) is 0 Å². The molecule has 0 radical (unpaired) electrons. The third kappa shape index (κ3) is 5.61. The molecule has 1 unspecified atom stereocenters. The molecule has 3 saturated heterocycles. The van der Waals surface area contributed by atoms with Crippen LogP contribution < -0.4 is 0 Å². The minimum absolute atomic E-state index is 0. The molecule has 5 heterocycles. The topological polar surface area (TPSA) is 94.0 Å². The monoisotopic (exact) mass is 582 g/mol.